The molecule has 5 rings (SSSR count). The monoisotopic (exact) mass is 446 g/mol. The quantitative estimate of drug-likeness (QED) is 0.565. The Kier molecular flexibility index (Phi) is 4.80. The average molecular weight is 447 g/mol. The maximum Gasteiger partial charge on any atom is 0.250 e. The molecule has 1 spiro atoms. The van der Waals surface area contributed by atoms with Crippen LogP contribution in [0.3, 0.4) is 0 Å². The Labute approximate surface area is 183 Å². The summed E-state index contributed by atoms with van der Waals surface area (Å²) < 4.78 is 5.63. The second-order valence-corrected chi connectivity index (χ2v) is 9.01. The first-order valence-electron chi connectivity index (χ1n) is 10.5. The van der Waals surface area contributed by atoms with Crippen LogP contribution in [0.2, 0.25) is 5.02 Å². The van der Waals surface area contributed by atoms with Crippen molar-refractivity contribution < 1.29 is 23.9 Å². The van der Waals surface area contributed by atoms with Gasteiger partial charge in [-0.15, -0.1) is 0 Å². The van der Waals surface area contributed by atoms with Crippen molar-refractivity contribution in [1.29, 1.82) is 0 Å². The van der Waals surface area contributed by atoms with Crippen molar-refractivity contribution in [3.63, 3.8) is 0 Å². The predicted molar refractivity (Wildman–Crippen MR) is 110 cm³/mol. The Morgan fingerprint density at radius 2 is 2.10 bits per heavy atom. The van der Waals surface area contributed by atoms with Crippen molar-refractivity contribution in [3.8, 4) is 0 Å². The van der Waals surface area contributed by atoms with Crippen LogP contribution in [0.4, 0.5) is 5.69 Å². The third kappa shape index (κ3) is 2.90. The Bertz CT molecular complexity index is 994. The molecule has 0 saturated carbocycles. The van der Waals surface area contributed by atoms with Crippen molar-refractivity contribution in [3.05, 3.63) is 28.8 Å². The fourth-order valence-electron chi connectivity index (χ4n) is 5.57. The molecule has 31 heavy (non-hydrogen) atoms. The van der Waals surface area contributed by atoms with Crippen LogP contribution in [-0.2, 0) is 29.5 Å². The van der Waals surface area contributed by atoms with Gasteiger partial charge in [0.2, 0.25) is 23.6 Å². The van der Waals surface area contributed by atoms with Gasteiger partial charge in [0.1, 0.15) is 5.54 Å². The number of nitrogens with one attached hydrogen (secondary N) is 2. The van der Waals surface area contributed by atoms with Crippen molar-refractivity contribution in [2.75, 3.05) is 18.5 Å². The van der Waals surface area contributed by atoms with E-state index in [4.69, 9.17) is 22.1 Å². The molecule has 4 aliphatic rings. The van der Waals surface area contributed by atoms with Crippen LogP contribution in [-0.4, -0.2) is 53.8 Å². The number of primary amides is 1. The van der Waals surface area contributed by atoms with Gasteiger partial charge in [-0.25, -0.2) is 0 Å². The van der Waals surface area contributed by atoms with Gasteiger partial charge in [0, 0.05) is 24.6 Å². The highest BCUT2D eigenvalue weighted by Gasteiger charge is 2.70. The number of amides is 4. The lowest BCUT2D eigenvalue weighted by molar-refractivity contribution is -0.144. The molecule has 0 radical (unpaired) electrons. The summed E-state index contributed by atoms with van der Waals surface area (Å²) in [6.07, 6.45) is 1.75. The molecule has 10 heteroatoms. The molecule has 0 aliphatic carbocycles. The first-order chi connectivity index (χ1) is 14.8. The number of nitrogens with two attached hydrogens (primary N) is 1. The molecule has 164 valence electrons. The first kappa shape index (κ1) is 20.4. The van der Waals surface area contributed by atoms with Gasteiger partial charge in [0.15, 0.2) is 0 Å². The zero-order chi connectivity index (χ0) is 21.9. The number of ether oxygens (including phenoxy) is 1. The fraction of sp³-hybridized carbons (Fsp3) is 0.524. The van der Waals surface area contributed by atoms with E-state index in [1.165, 1.54) is 4.90 Å². The summed E-state index contributed by atoms with van der Waals surface area (Å²) >= 11 is 6.30. The number of likely N-dealkylation sites (tertiary alicyclic amines) is 1. The van der Waals surface area contributed by atoms with E-state index in [9.17, 15) is 19.2 Å². The van der Waals surface area contributed by atoms with E-state index in [0.717, 1.165) is 12.8 Å². The SMILES string of the molecule is NC(=O)CC[C@@H]1N[C@@]2(C(=O)Nc3c(Cl)cccc32)[C@H]2C(=O)N(CC3CCCO3)C(=O)[C@@H]12. The largest absolute Gasteiger partial charge is 0.376 e. The number of nitrogens with zero attached hydrogens (tertiary/aromatic N) is 1. The van der Waals surface area contributed by atoms with Gasteiger partial charge in [0.05, 0.1) is 35.2 Å². The zero-order valence-electron chi connectivity index (χ0n) is 16.7. The minimum Gasteiger partial charge on any atom is -0.376 e. The van der Waals surface area contributed by atoms with E-state index in [1.807, 2.05) is 0 Å². The molecule has 1 aromatic rings. The lowest BCUT2D eigenvalue weighted by atomic mass is 9.76. The molecule has 1 unspecified atom stereocenters. The maximum absolute atomic E-state index is 13.6. The van der Waals surface area contributed by atoms with Crippen LogP contribution in [0.1, 0.15) is 31.2 Å². The summed E-state index contributed by atoms with van der Waals surface area (Å²) in [6, 6.07) is 4.55. The Morgan fingerprint density at radius 3 is 2.81 bits per heavy atom. The number of fused-ring (bicyclic) bond motifs is 4. The third-order valence-corrected chi connectivity index (χ3v) is 7.22. The van der Waals surface area contributed by atoms with Crippen LogP contribution < -0.4 is 16.4 Å². The van der Waals surface area contributed by atoms with E-state index in [2.05, 4.69) is 10.6 Å². The van der Waals surface area contributed by atoms with Crippen LogP contribution >= 0.6 is 11.6 Å². The molecule has 1 aromatic carbocycles. The Balaban J connectivity index is 1.57. The summed E-state index contributed by atoms with van der Waals surface area (Å²) in [5.41, 5.74) is 4.89. The average Bonchev–Trinajstić information content (AvgIpc) is 3.47. The number of para-hydroxylation sites is 1. The summed E-state index contributed by atoms with van der Waals surface area (Å²) in [5, 5.41) is 6.40. The van der Waals surface area contributed by atoms with Gasteiger partial charge >= 0.3 is 0 Å². The van der Waals surface area contributed by atoms with Gasteiger partial charge in [0.25, 0.3) is 0 Å². The maximum atomic E-state index is 13.6. The Hall–Kier alpha value is -2.49. The molecule has 0 bridgehead atoms. The second-order valence-electron chi connectivity index (χ2n) is 8.61. The zero-order valence-corrected chi connectivity index (χ0v) is 17.5. The number of imide groups is 1. The molecule has 4 heterocycles. The van der Waals surface area contributed by atoms with Crippen molar-refractivity contribution in [2.24, 2.45) is 17.6 Å². The number of anilines is 1. The number of carbonyl (C=O) groups is 4. The van der Waals surface area contributed by atoms with Gasteiger partial charge in [-0.3, -0.25) is 29.4 Å². The molecule has 3 fully saturated rings. The molecule has 4 amide bonds. The smallest absolute Gasteiger partial charge is 0.250 e. The first-order valence-corrected chi connectivity index (χ1v) is 10.9. The molecule has 0 aromatic heterocycles. The minimum atomic E-state index is -1.43. The van der Waals surface area contributed by atoms with Crippen molar-refractivity contribution >= 4 is 40.9 Å². The van der Waals surface area contributed by atoms with E-state index < -0.39 is 41.1 Å². The van der Waals surface area contributed by atoms with Crippen LogP contribution in [0.15, 0.2) is 18.2 Å². The molecular formula is C21H23ClN4O5. The summed E-state index contributed by atoms with van der Waals surface area (Å²) in [7, 11) is 0. The van der Waals surface area contributed by atoms with E-state index >= 15 is 0 Å². The molecule has 9 nitrogen and oxygen atoms in total. The number of rotatable bonds is 5. The minimum absolute atomic E-state index is 0.0359. The van der Waals surface area contributed by atoms with Crippen LogP contribution in [0.25, 0.3) is 0 Å². The van der Waals surface area contributed by atoms with Crippen LogP contribution in [0.5, 0.6) is 0 Å². The highest BCUT2D eigenvalue weighted by atomic mass is 35.5. The molecule has 4 N–H and O–H groups in total. The van der Waals surface area contributed by atoms with Gasteiger partial charge in [-0.1, -0.05) is 23.7 Å². The number of benzene rings is 1. The number of carbonyl (C=O) groups excluding carboxylic acids is 4. The highest BCUT2D eigenvalue weighted by Crippen LogP contribution is 2.54. The summed E-state index contributed by atoms with van der Waals surface area (Å²) in [4.78, 5) is 52.9. The number of halogens is 1. The molecular weight excluding hydrogens is 424 g/mol. The fourth-order valence-corrected chi connectivity index (χ4v) is 5.79. The predicted octanol–water partition coefficient (Wildman–Crippen LogP) is 0.505. The second kappa shape index (κ2) is 7.29. The number of hydrogen-bond acceptors (Lipinski definition) is 6. The standard InChI is InChI=1S/C21H23ClN4O5/c22-12-5-1-4-11-17(12)24-20(30)21(11)16-15(13(25-21)6-7-14(23)27)18(28)26(19(16)29)9-10-3-2-8-31-10/h1,4-5,10,13,15-16,25H,2-3,6-9H2,(H2,23,27)(H,24,30)/t10?,13-,15-,16+,21+/m0/s1. The van der Waals surface area contributed by atoms with Crippen molar-refractivity contribution in [2.45, 2.75) is 43.4 Å². The van der Waals surface area contributed by atoms with E-state index in [0.29, 0.717) is 22.9 Å². The summed E-state index contributed by atoms with van der Waals surface area (Å²) in [5.74, 6) is -3.38. The molecule has 5 atom stereocenters. The third-order valence-electron chi connectivity index (χ3n) is 6.90. The molecule has 4 aliphatic heterocycles. The highest BCUT2D eigenvalue weighted by molar-refractivity contribution is 6.35. The normalized spacial score (nSPS) is 33.8. The van der Waals surface area contributed by atoms with Gasteiger partial charge in [-0.05, 0) is 25.3 Å². The lowest BCUT2D eigenvalue weighted by Gasteiger charge is -2.30. The number of hydrogen-bond donors (Lipinski definition) is 3. The topological polar surface area (TPSA) is 131 Å². The van der Waals surface area contributed by atoms with E-state index in [-0.39, 0.29) is 31.4 Å². The Morgan fingerprint density at radius 1 is 1.29 bits per heavy atom. The van der Waals surface area contributed by atoms with E-state index in [1.54, 1.807) is 18.2 Å². The van der Waals surface area contributed by atoms with Gasteiger partial charge < -0.3 is 15.8 Å². The molecule has 3 saturated heterocycles. The summed E-state index contributed by atoms with van der Waals surface area (Å²) in [6.45, 7) is 0.780. The van der Waals surface area contributed by atoms with Gasteiger partial charge in [-0.2, -0.15) is 0 Å². The van der Waals surface area contributed by atoms with Crippen molar-refractivity contribution in [1.82, 2.24) is 10.2 Å². The van der Waals surface area contributed by atoms with Crippen LogP contribution in [0, 0.1) is 11.8 Å². The lowest BCUT2D eigenvalue weighted by Crippen LogP contribution is -2.53.